The van der Waals surface area contributed by atoms with Crippen LogP contribution >= 0.6 is 11.5 Å². The number of nitrogens with one attached hydrogen (secondary N) is 2. The summed E-state index contributed by atoms with van der Waals surface area (Å²) < 4.78 is 4.24. The van der Waals surface area contributed by atoms with Gasteiger partial charge in [0.25, 0.3) is 0 Å². The van der Waals surface area contributed by atoms with Crippen molar-refractivity contribution in [2.75, 3.05) is 5.32 Å². The highest BCUT2D eigenvalue weighted by Gasteiger charge is 2.02. The van der Waals surface area contributed by atoms with E-state index in [0.29, 0.717) is 0 Å². The Labute approximate surface area is 108 Å². The van der Waals surface area contributed by atoms with Crippen molar-refractivity contribution >= 4 is 27.7 Å². The third-order valence-electron chi connectivity index (χ3n) is 2.71. The van der Waals surface area contributed by atoms with Crippen LogP contribution in [-0.2, 0) is 13.0 Å². The Morgan fingerprint density at radius 1 is 1.39 bits per heavy atom. The lowest BCUT2D eigenvalue weighted by atomic mass is 10.2. The number of rotatable bonds is 4. The first-order chi connectivity index (χ1) is 8.85. The Bertz CT molecular complexity index is 657. The molecule has 0 aliphatic heterocycles. The van der Waals surface area contributed by atoms with E-state index in [1.165, 1.54) is 17.1 Å². The van der Waals surface area contributed by atoms with Crippen molar-refractivity contribution in [3.8, 4) is 0 Å². The van der Waals surface area contributed by atoms with Gasteiger partial charge >= 0.3 is 0 Å². The number of hydrogen-bond acceptors (Lipinski definition) is 5. The van der Waals surface area contributed by atoms with Crippen molar-refractivity contribution in [1.82, 2.24) is 19.3 Å². The molecule has 0 spiro atoms. The third kappa shape index (κ3) is 2.19. The summed E-state index contributed by atoms with van der Waals surface area (Å²) in [6, 6.07) is 6.18. The summed E-state index contributed by atoms with van der Waals surface area (Å²) in [4.78, 5) is 11.7. The molecular weight excluding hydrogens is 246 g/mol. The summed E-state index contributed by atoms with van der Waals surface area (Å²) in [5, 5.41) is 4.15. The maximum atomic E-state index is 4.37. The zero-order chi connectivity index (χ0) is 12.4. The molecule has 0 saturated carbocycles. The number of anilines is 1. The Kier molecular flexibility index (Phi) is 2.93. The van der Waals surface area contributed by atoms with Crippen LogP contribution in [0.3, 0.4) is 0 Å². The summed E-state index contributed by atoms with van der Waals surface area (Å²) >= 11 is 1.41. The Hall–Kier alpha value is -1.95. The molecule has 0 aliphatic carbocycles. The molecule has 6 heteroatoms. The van der Waals surface area contributed by atoms with Crippen LogP contribution in [0.1, 0.15) is 18.3 Å². The van der Waals surface area contributed by atoms with Crippen LogP contribution in [0, 0.1) is 0 Å². The first-order valence-corrected chi connectivity index (χ1v) is 6.61. The fourth-order valence-electron chi connectivity index (χ4n) is 1.74. The van der Waals surface area contributed by atoms with Gasteiger partial charge in [0.1, 0.15) is 5.82 Å². The van der Waals surface area contributed by atoms with E-state index in [9.17, 15) is 0 Å². The molecule has 3 aromatic rings. The standard InChI is InChI=1S/C12H13N5S/c1-2-11-16-12(18-17-11)13-6-8-3-4-9-10(5-8)15-7-14-9/h3-5,7H,2,6H2,1H3,(H,14,15)(H,13,16,17). The molecule has 3 rings (SSSR count). The summed E-state index contributed by atoms with van der Waals surface area (Å²) in [5.74, 6) is 0.895. The van der Waals surface area contributed by atoms with E-state index in [2.05, 4.69) is 43.7 Å². The van der Waals surface area contributed by atoms with E-state index in [4.69, 9.17) is 0 Å². The van der Waals surface area contributed by atoms with Gasteiger partial charge < -0.3 is 10.3 Å². The number of H-pyrrole nitrogens is 1. The van der Waals surface area contributed by atoms with Gasteiger partial charge in [-0.1, -0.05) is 13.0 Å². The molecule has 0 aliphatic rings. The van der Waals surface area contributed by atoms with Gasteiger partial charge in [0.15, 0.2) is 0 Å². The number of hydrogen-bond donors (Lipinski definition) is 2. The zero-order valence-corrected chi connectivity index (χ0v) is 10.8. The first kappa shape index (κ1) is 11.2. The summed E-state index contributed by atoms with van der Waals surface area (Å²) in [6.07, 6.45) is 2.58. The van der Waals surface area contributed by atoms with Gasteiger partial charge in [0, 0.05) is 24.5 Å². The van der Waals surface area contributed by atoms with Gasteiger partial charge in [-0.05, 0) is 17.7 Å². The van der Waals surface area contributed by atoms with E-state index in [0.717, 1.165) is 35.0 Å². The minimum atomic E-state index is 0.743. The number of nitrogens with zero attached hydrogens (tertiary/aromatic N) is 3. The van der Waals surface area contributed by atoms with Crippen LogP contribution in [0.2, 0.25) is 0 Å². The van der Waals surface area contributed by atoms with Crippen molar-refractivity contribution in [3.05, 3.63) is 35.9 Å². The molecule has 2 heterocycles. The molecule has 0 bridgehead atoms. The van der Waals surface area contributed by atoms with E-state index >= 15 is 0 Å². The van der Waals surface area contributed by atoms with E-state index < -0.39 is 0 Å². The zero-order valence-electron chi connectivity index (χ0n) is 9.97. The monoisotopic (exact) mass is 259 g/mol. The lowest BCUT2D eigenvalue weighted by Crippen LogP contribution is -1.99. The smallest absolute Gasteiger partial charge is 0.202 e. The second-order valence-corrected chi connectivity index (χ2v) is 4.73. The molecule has 0 atom stereocenters. The molecule has 1 aromatic carbocycles. The second-order valence-electron chi connectivity index (χ2n) is 3.98. The predicted octanol–water partition coefficient (Wildman–Crippen LogP) is 2.59. The predicted molar refractivity (Wildman–Crippen MR) is 72.7 cm³/mol. The molecule has 0 saturated heterocycles. The lowest BCUT2D eigenvalue weighted by molar-refractivity contribution is 0.993. The fraction of sp³-hybridized carbons (Fsp3) is 0.250. The van der Waals surface area contributed by atoms with Gasteiger partial charge in [-0.25, -0.2) is 9.97 Å². The van der Waals surface area contributed by atoms with Crippen molar-refractivity contribution in [1.29, 1.82) is 0 Å². The van der Waals surface area contributed by atoms with Crippen LogP contribution in [0.5, 0.6) is 0 Å². The van der Waals surface area contributed by atoms with Gasteiger partial charge in [0.2, 0.25) is 5.13 Å². The number of imidazole rings is 1. The van der Waals surface area contributed by atoms with Crippen LogP contribution in [0.4, 0.5) is 5.13 Å². The number of aromatic amines is 1. The van der Waals surface area contributed by atoms with Crippen molar-refractivity contribution in [2.24, 2.45) is 0 Å². The second kappa shape index (κ2) is 4.73. The quantitative estimate of drug-likeness (QED) is 0.755. The van der Waals surface area contributed by atoms with Gasteiger partial charge in [0.05, 0.1) is 17.4 Å². The molecule has 0 radical (unpaired) electrons. The number of fused-ring (bicyclic) bond motifs is 1. The first-order valence-electron chi connectivity index (χ1n) is 5.83. The van der Waals surface area contributed by atoms with Crippen LogP contribution in [0.15, 0.2) is 24.5 Å². The molecule has 2 aromatic heterocycles. The van der Waals surface area contributed by atoms with Gasteiger partial charge in [-0.15, -0.1) is 0 Å². The average Bonchev–Trinajstić information content (AvgIpc) is 3.04. The lowest BCUT2D eigenvalue weighted by Gasteiger charge is -2.02. The summed E-state index contributed by atoms with van der Waals surface area (Å²) in [7, 11) is 0. The molecule has 0 unspecified atom stereocenters. The Morgan fingerprint density at radius 3 is 3.17 bits per heavy atom. The van der Waals surface area contributed by atoms with Crippen LogP contribution in [-0.4, -0.2) is 19.3 Å². The van der Waals surface area contributed by atoms with Gasteiger partial charge in [-0.2, -0.15) is 4.37 Å². The molecule has 2 N–H and O–H groups in total. The number of aryl methyl sites for hydroxylation is 1. The van der Waals surface area contributed by atoms with Crippen molar-refractivity contribution in [2.45, 2.75) is 19.9 Å². The topological polar surface area (TPSA) is 66.5 Å². The van der Waals surface area contributed by atoms with Gasteiger partial charge in [-0.3, -0.25) is 0 Å². The highest BCUT2D eigenvalue weighted by Crippen LogP contribution is 2.15. The van der Waals surface area contributed by atoms with Crippen molar-refractivity contribution in [3.63, 3.8) is 0 Å². The summed E-state index contributed by atoms with van der Waals surface area (Å²) in [5.41, 5.74) is 3.24. The summed E-state index contributed by atoms with van der Waals surface area (Å²) in [6.45, 7) is 2.80. The third-order valence-corrected chi connectivity index (χ3v) is 3.42. The Morgan fingerprint density at radius 2 is 2.33 bits per heavy atom. The normalized spacial score (nSPS) is 10.9. The SMILES string of the molecule is CCc1nsc(NCc2ccc3nc[nH]c3c2)n1. The van der Waals surface area contributed by atoms with Crippen LogP contribution in [0.25, 0.3) is 11.0 Å². The maximum absolute atomic E-state index is 4.37. The largest absolute Gasteiger partial charge is 0.356 e. The minimum Gasteiger partial charge on any atom is -0.356 e. The fourth-order valence-corrected chi connectivity index (χ4v) is 2.38. The van der Waals surface area contributed by atoms with E-state index in [1.54, 1.807) is 6.33 Å². The molecule has 92 valence electrons. The van der Waals surface area contributed by atoms with E-state index in [-0.39, 0.29) is 0 Å². The maximum Gasteiger partial charge on any atom is 0.202 e. The van der Waals surface area contributed by atoms with Crippen LogP contribution < -0.4 is 5.32 Å². The molecule has 0 fully saturated rings. The molecule has 18 heavy (non-hydrogen) atoms. The highest BCUT2D eigenvalue weighted by molar-refractivity contribution is 7.09. The molecular formula is C12H13N5S. The highest BCUT2D eigenvalue weighted by atomic mass is 32.1. The Balaban J connectivity index is 1.72. The van der Waals surface area contributed by atoms with Crippen molar-refractivity contribution < 1.29 is 0 Å². The number of aromatic nitrogens is 4. The molecule has 5 nitrogen and oxygen atoms in total. The molecule has 0 amide bonds. The minimum absolute atomic E-state index is 0.743. The number of benzene rings is 1. The average molecular weight is 259 g/mol. The van der Waals surface area contributed by atoms with E-state index in [1.807, 2.05) is 6.07 Å².